The summed E-state index contributed by atoms with van der Waals surface area (Å²) in [6, 6.07) is 3.70. The lowest BCUT2D eigenvalue weighted by molar-refractivity contribution is 0.0951. The molecule has 1 amide bonds. The van der Waals surface area contributed by atoms with Crippen LogP contribution in [0.15, 0.2) is 12.1 Å². The molecule has 0 aromatic carbocycles. The maximum Gasteiger partial charge on any atom is 0.251 e. The van der Waals surface area contributed by atoms with Crippen molar-refractivity contribution in [2.45, 2.75) is 39.5 Å². The third-order valence-corrected chi connectivity index (χ3v) is 3.91. The summed E-state index contributed by atoms with van der Waals surface area (Å²) in [5.41, 5.74) is 1.53. The lowest BCUT2D eigenvalue weighted by Gasteiger charge is -2.19. The molecule has 2 N–H and O–H groups in total. The molecule has 1 saturated carbocycles. The number of hydrogen-bond donors (Lipinski definition) is 2. The van der Waals surface area contributed by atoms with Gasteiger partial charge in [-0.05, 0) is 30.4 Å². The van der Waals surface area contributed by atoms with E-state index in [0.717, 1.165) is 24.0 Å². The lowest BCUT2D eigenvalue weighted by Crippen LogP contribution is -2.27. The Hall–Kier alpha value is -1.58. The Kier molecular flexibility index (Phi) is 4.02. The van der Waals surface area contributed by atoms with E-state index in [1.165, 1.54) is 6.42 Å². The fourth-order valence-corrected chi connectivity index (χ4v) is 2.18. The number of hydrogen-bond acceptors (Lipinski definition) is 3. The molecule has 0 bridgehead atoms. The summed E-state index contributed by atoms with van der Waals surface area (Å²) in [7, 11) is 1.82. The van der Waals surface area contributed by atoms with Crippen molar-refractivity contribution >= 4 is 11.7 Å². The fourth-order valence-electron chi connectivity index (χ4n) is 2.18. The first kappa shape index (κ1) is 14.8. The molecule has 110 valence electrons. The number of pyridine rings is 1. The van der Waals surface area contributed by atoms with Crippen LogP contribution >= 0.6 is 0 Å². The number of carbonyl (C=O) groups is 1. The van der Waals surface area contributed by atoms with Crippen molar-refractivity contribution in [1.29, 1.82) is 0 Å². The molecule has 1 heterocycles. The van der Waals surface area contributed by atoms with Gasteiger partial charge in [-0.15, -0.1) is 0 Å². The molecule has 2 unspecified atom stereocenters. The Morgan fingerprint density at radius 3 is 2.55 bits per heavy atom. The number of anilines is 1. The predicted molar refractivity (Wildman–Crippen MR) is 82.1 cm³/mol. The summed E-state index contributed by atoms with van der Waals surface area (Å²) in [6.07, 6.45) is 1.23. The number of nitrogens with zero attached hydrogens (tertiary/aromatic N) is 1. The Labute approximate surface area is 121 Å². The normalized spacial score (nSPS) is 21.4. The zero-order valence-corrected chi connectivity index (χ0v) is 13.1. The number of rotatable bonds is 4. The van der Waals surface area contributed by atoms with E-state index in [1.54, 1.807) is 6.07 Å². The lowest BCUT2D eigenvalue weighted by atomic mass is 9.90. The maximum absolute atomic E-state index is 12.3. The predicted octanol–water partition coefficient (Wildman–Crippen LogP) is 2.81. The van der Waals surface area contributed by atoms with Crippen LogP contribution in [0.3, 0.4) is 0 Å². The van der Waals surface area contributed by atoms with Gasteiger partial charge in [-0.3, -0.25) is 4.79 Å². The van der Waals surface area contributed by atoms with E-state index < -0.39 is 0 Å². The average Bonchev–Trinajstić information content (AvgIpc) is 3.10. The minimum atomic E-state index is -0.0765. The van der Waals surface area contributed by atoms with Crippen LogP contribution in [-0.4, -0.2) is 24.5 Å². The van der Waals surface area contributed by atoms with Crippen LogP contribution in [0.4, 0.5) is 5.82 Å². The van der Waals surface area contributed by atoms with Crippen LogP contribution in [0.5, 0.6) is 0 Å². The largest absolute Gasteiger partial charge is 0.373 e. The van der Waals surface area contributed by atoms with Crippen molar-refractivity contribution in [3.8, 4) is 0 Å². The fraction of sp³-hybridized carbons (Fsp3) is 0.625. The quantitative estimate of drug-likeness (QED) is 0.888. The minimum Gasteiger partial charge on any atom is -0.373 e. The molecule has 0 saturated heterocycles. The van der Waals surface area contributed by atoms with E-state index in [1.807, 2.05) is 13.1 Å². The summed E-state index contributed by atoms with van der Waals surface area (Å²) < 4.78 is 0. The van der Waals surface area contributed by atoms with Gasteiger partial charge in [0.15, 0.2) is 0 Å². The third-order valence-electron chi connectivity index (χ3n) is 3.91. The molecular formula is C16H25N3O. The summed E-state index contributed by atoms with van der Waals surface area (Å²) in [4.78, 5) is 16.8. The molecule has 1 aromatic rings. The molecule has 4 nitrogen and oxygen atoms in total. The molecule has 0 radical (unpaired) electrons. The number of aromatic nitrogens is 1. The highest BCUT2D eigenvalue weighted by atomic mass is 16.1. The highest BCUT2D eigenvalue weighted by Crippen LogP contribution is 2.36. The van der Waals surface area contributed by atoms with Crippen molar-refractivity contribution < 1.29 is 4.79 Å². The molecular weight excluding hydrogens is 250 g/mol. The standard InChI is InChI=1S/C16H25N3O/c1-10-6-12(10)9-18-15(20)11-7-13(16(2,3)4)19-14(8-11)17-5/h7-8,10,12H,6,9H2,1-5H3,(H,17,19)(H,18,20). The van der Waals surface area contributed by atoms with Gasteiger partial charge in [0.05, 0.1) is 0 Å². The van der Waals surface area contributed by atoms with Crippen LogP contribution in [-0.2, 0) is 5.41 Å². The van der Waals surface area contributed by atoms with Crippen LogP contribution in [0.1, 0.15) is 50.2 Å². The molecule has 0 aliphatic heterocycles. The Balaban J connectivity index is 2.14. The smallest absolute Gasteiger partial charge is 0.251 e. The molecule has 1 aliphatic rings. The van der Waals surface area contributed by atoms with Crippen molar-refractivity contribution in [1.82, 2.24) is 10.3 Å². The second kappa shape index (κ2) is 5.43. The molecule has 2 rings (SSSR count). The number of carbonyl (C=O) groups excluding carboxylic acids is 1. The van der Waals surface area contributed by atoms with Crippen LogP contribution < -0.4 is 10.6 Å². The number of amides is 1. The topological polar surface area (TPSA) is 54.0 Å². The molecule has 1 aliphatic carbocycles. The van der Waals surface area contributed by atoms with Crippen molar-refractivity contribution in [2.24, 2.45) is 11.8 Å². The second-order valence-corrected chi connectivity index (χ2v) is 6.81. The first-order chi connectivity index (χ1) is 9.31. The van der Waals surface area contributed by atoms with E-state index in [2.05, 4.69) is 43.3 Å². The van der Waals surface area contributed by atoms with Gasteiger partial charge < -0.3 is 10.6 Å². The van der Waals surface area contributed by atoms with Gasteiger partial charge in [-0.1, -0.05) is 27.7 Å². The van der Waals surface area contributed by atoms with Gasteiger partial charge in [-0.2, -0.15) is 0 Å². The van der Waals surface area contributed by atoms with Gasteiger partial charge in [0, 0.05) is 30.3 Å². The van der Waals surface area contributed by atoms with Crippen LogP contribution in [0.2, 0.25) is 0 Å². The second-order valence-electron chi connectivity index (χ2n) is 6.81. The molecule has 1 fully saturated rings. The van der Waals surface area contributed by atoms with Crippen LogP contribution in [0.25, 0.3) is 0 Å². The Morgan fingerprint density at radius 2 is 2.05 bits per heavy atom. The van der Waals surface area contributed by atoms with Gasteiger partial charge in [0.2, 0.25) is 0 Å². The molecule has 4 heteroatoms. The van der Waals surface area contributed by atoms with Crippen LogP contribution in [0, 0.1) is 11.8 Å². The monoisotopic (exact) mass is 275 g/mol. The molecule has 0 spiro atoms. The van der Waals surface area contributed by atoms with Gasteiger partial charge >= 0.3 is 0 Å². The third kappa shape index (κ3) is 3.50. The zero-order valence-electron chi connectivity index (χ0n) is 13.1. The number of nitrogens with one attached hydrogen (secondary N) is 2. The van der Waals surface area contributed by atoms with Crippen molar-refractivity contribution in [3.63, 3.8) is 0 Å². The SMILES string of the molecule is CNc1cc(C(=O)NCC2CC2C)cc(C(C)(C)C)n1. The molecule has 2 atom stereocenters. The highest BCUT2D eigenvalue weighted by Gasteiger charge is 2.32. The first-order valence-corrected chi connectivity index (χ1v) is 7.30. The Bertz CT molecular complexity index is 505. The molecule has 20 heavy (non-hydrogen) atoms. The van der Waals surface area contributed by atoms with Crippen molar-refractivity contribution in [2.75, 3.05) is 18.9 Å². The Morgan fingerprint density at radius 1 is 1.40 bits per heavy atom. The van der Waals surface area contributed by atoms with E-state index in [-0.39, 0.29) is 11.3 Å². The van der Waals surface area contributed by atoms with E-state index in [4.69, 9.17) is 0 Å². The van der Waals surface area contributed by atoms with E-state index in [0.29, 0.717) is 11.5 Å². The zero-order chi connectivity index (χ0) is 14.9. The average molecular weight is 275 g/mol. The summed E-state index contributed by atoms with van der Waals surface area (Å²) in [6.45, 7) is 9.30. The minimum absolute atomic E-state index is 0.00602. The van der Waals surface area contributed by atoms with Gasteiger partial charge in [0.25, 0.3) is 5.91 Å². The highest BCUT2D eigenvalue weighted by molar-refractivity contribution is 5.95. The van der Waals surface area contributed by atoms with Gasteiger partial charge in [-0.25, -0.2) is 4.98 Å². The molecule has 1 aromatic heterocycles. The first-order valence-electron chi connectivity index (χ1n) is 7.30. The summed E-state index contributed by atoms with van der Waals surface area (Å²) in [5.74, 6) is 2.15. The van der Waals surface area contributed by atoms with E-state index >= 15 is 0 Å². The van der Waals surface area contributed by atoms with E-state index in [9.17, 15) is 4.79 Å². The maximum atomic E-state index is 12.3. The summed E-state index contributed by atoms with van der Waals surface area (Å²) in [5, 5.41) is 6.05. The summed E-state index contributed by atoms with van der Waals surface area (Å²) >= 11 is 0. The van der Waals surface area contributed by atoms with Gasteiger partial charge in [0.1, 0.15) is 5.82 Å². The van der Waals surface area contributed by atoms with Crippen molar-refractivity contribution in [3.05, 3.63) is 23.4 Å².